The number of hydrogen-bond acceptors (Lipinski definition) is 2. The Kier molecular flexibility index (Phi) is 10.2. The summed E-state index contributed by atoms with van der Waals surface area (Å²) in [5, 5.41) is 8.99. The third-order valence-electron chi connectivity index (χ3n) is 3.20. The second-order valence-electron chi connectivity index (χ2n) is 4.97. The van der Waals surface area contributed by atoms with Gasteiger partial charge in [-0.3, -0.25) is 0 Å². The van der Waals surface area contributed by atoms with E-state index in [1.54, 1.807) is 0 Å². The van der Waals surface area contributed by atoms with Crippen molar-refractivity contribution >= 4 is 47.7 Å². The second-order valence-corrected chi connectivity index (χ2v) is 26.8. The average molecular weight is 474 g/mol. The molecule has 0 saturated carbocycles. The molecule has 2 rings (SSSR count). The molecule has 8 heteroatoms. The molecule has 0 aromatic rings. The van der Waals surface area contributed by atoms with E-state index < -0.39 is 15.0 Å². The Morgan fingerprint density at radius 2 is 2.18 bits per heavy atom. The summed E-state index contributed by atoms with van der Waals surface area (Å²) in [7, 11) is 18.0. The maximum atomic E-state index is 10.5. The van der Waals surface area contributed by atoms with Gasteiger partial charge in [-0.25, -0.2) is 0 Å². The van der Waals surface area contributed by atoms with Crippen LogP contribution < -0.4 is 0 Å². The second kappa shape index (κ2) is 11.0. The van der Waals surface area contributed by atoms with E-state index in [-0.39, 0.29) is 12.4 Å². The Morgan fingerprint density at radius 3 is 2.68 bits per heavy atom. The van der Waals surface area contributed by atoms with E-state index >= 15 is 0 Å². The van der Waals surface area contributed by atoms with Gasteiger partial charge in [0, 0.05) is 0 Å². The van der Waals surface area contributed by atoms with Crippen LogP contribution in [0.15, 0.2) is 23.9 Å². The van der Waals surface area contributed by atoms with E-state index in [1.807, 2.05) is 0 Å². The molecular formula is C14H21Cl3N2O2Sn-2. The molecule has 1 saturated heterocycles. The van der Waals surface area contributed by atoms with Gasteiger partial charge in [0.2, 0.25) is 0 Å². The van der Waals surface area contributed by atoms with Gasteiger partial charge in [0.15, 0.2) is 0 Å². The SMILES string of the molecule is C1=CC[N-]C(C2CCCC[N-]2)=C1.COC(=O)C[CH2][Sn]([Cl])([Cl])[Cl]. The van der Waals surface area contributed by atoms with Crippen molar-refractivity contribution in [1.82, 2.24) is 0 Å². The summed E-state index contributed by atoms with van der Waals surface area (Å²) in [6, 6.07) is 0.406. The molecule has 1 unspecified atom stereocenters. The van der Waals surface area contributed by atoms with Crippen LogP contribution in [0, 0.1) is 0 Å². The molecule has 0 aromatic carbocycles. The summed E-state index contributed by atoms with van der Waals surface area (Å²) in [6.45, 7) is 1.87. The van der Waals surface area contributed by atoms with Crippen LogP contribution in [0.1, 0.15) is 25.7 Å². The number of piperidine rings is 1. The molecule has 0 amide bonds. The predicted molar refractivity (Wildman–Crippen MR) is 96.1 cm³/mol. The third-order valence-corrected chi connectivity index (χ3v) is 9.33. The molecule has 1 fully saturated rings. The van der Waals surface area contributed by atoms with Crippen molar-refractivity contribution in [3.63, 3.8) is 0 Å². The van der Waals surface area contributed by atoms with Gasteiger partial charge in [-0.1, -0.05) is 31.4 Å². The zero-order chi connectivity index (χ0) is 16.4. The Balaban J connectivity index is 0.000000225. The Bertz CT molecular complexity index is 405. The van der Waals surface area contributed by atoms with E-state index in [1.165, 1.54) is 32.1 Å². The number of halogens is 3. The van der Waals surface area contributed by atoms with Gasteiger partial charge >= 0.3 is 75.2 Å². The first-order valence-corrected chi connectivity index (χ1v) is 20.1. The van der Waals surface area contributed by atoms with Gasteiger partial charge in [0.25, 0.3) is 0 Å². The van der Waals surface area contributed by atoms with Gasteiger partial charge < -0.3 is 10.6 Å². The maximum absolute atomic E-state index is 10.5. The molecule has 4 nitrogen and oxygen atoms in total. The molecule has 0 radical (unpaired) electrons. The minimum absolute atomic E-state index is 0.225. The summed E-state index contributed by atoms with van der Waals surface area (Å²) in [5.41, 5.74) is 1.19. The molecule has 0 spiro atoms. The molecule has 2 aliphatic rings. The molecule has 1 atom stereocenters. The quantitative estimate of drug-likeness (QED) is 0.428. The number of allylic oxidation sites excluding steroid dienone is 2. The van der Waals surface area contributed by atoms with Crippen LogP contribution in [-0.4, -0.2) is 47.2 Å². The molecule has 0 aliphatic carbocycles. The normalized spacial score (nSPS) is 21.1. The van der Waals surface area contributed by atoms with Crippen molar-refractivity contribution in [3.8, 4) is 0 Å². The average Bonchev–Trinajstić information content (AvgIpc) is 2.54. The van der Waals surface area contributed by atoms with E-state index in [2.05, 4.69) is 33.6 Å². The molecule has 2 heterocycles. The van der Waals surface area contributed by atoms with E-state index in [9.17, 15) is 4.79 Å². The number of hydrogen-bond donors (Lipinski definition) is 0. The molecule has 22 heavy (non-hydrogen) atoms. The molecule has 2 aliphatic heterocycles. The van der Waals surface area contributed by atoms with Gasteiger partial charge in [-0.05, 0) is 0 Å². The van der Waals surface area contributed by atoms with Crippen molar-refractivity contribution in [2.45, 2.75) is 36.2 Å². The summed E-state index contributed by atoms with van der Waals surface area (Å²) >= 11 is -3.27. The number of carbonyl (C=O) groups excluding carboxylic acids is 1. The molecule has 0 N–H and O–H groups in total. The number of rotatable bonds is 4. The van der Waals surface area contributed by atoms with Crippen LogP contribution in [0.25, 0.3) is 10.6 Å². The zero-order valence-corrected chi connectivity index (χ0v) is 17.7. The van der Waals surface area contributed by atoms with Crippen molar-refractivity contribution in [1.29, 1.82) is 0 Å². The monoisotopic (exact) mass is 474 g/mol. The van der Waals surface area contributed by atoms with E-state index in [4.69, 9.17) is 26.8 Å². The Labute approximate surface area is 147 Å². The number of methoxy groups -OCH3 is 1. The standard InChI is InChI=1S/C10H14N2.C4H7O2.3ClH.Sn/c1-3-7-11-9(5-1)10-6-2-4-8-12-10;1-3-4(5)6-2;;;;/h1,3,5,10H,2,4,6-8H2;1,3H2,2H3;3*1H;/q-2;;;;;+3/p-3. The topological polar surface area (TPSA) is 54.5 Å². The minimum atomic E-state index is -3.27. The van der Waals surface area contributed by atoms with Crippen molar-refractivity contribution in [2.24, 2.45) is 0 Å². The summed E-state index contributed by atoms with van der Waals surface area (Å²) in [4.78, 5) is 10.5. The first kappa shape index (κ1) is 20.4. The predicted octanol–water partition coefficient (Wildman–Crippen LogP) is 4.94. The van der Waals surface area contributed by atoms with Crippen molar-refractivity contribution < 1.29 is 9.53 Å². The van der Waals surface area contributed by atoms with Crippen LogP contribution >= 0.6 is 26.8 Å². The zero-order valence-electron chi connectivity index (χ0n) is 12.6. The van der Waals surface area contributed by atoms with Crippen LogP contribution in [0.3, 0.4) is 0 Å². The fraction of sp³-hybridized carbons (Fsp3) is 0.643. The molecule has 0 aromatic heterocycles. The van der Waals surface area contributed by atoms with Crippen LogP contribution in [0.4, 0.5) is 0 Å². The van der Waals surface area contributed by atoms with Gasteiger partial charge in [-0.2, -0.15) is 5.70 Å². The number of carbonyl (C=O) groups is 1. The number of esters is 1. The van der Waals surface area contributed by atoms with Crippen LogP contribution in [0.5, 0.6) is 0 Å². The third kappa shape index (κ3) is 9.50. The first-order chi connectivity index (χ1) is 10.4. The summed E-state index contributed by atoms with van der Waals surface area (Å²) < 4.78 is 4.76. The van der Waals surface area contributed by atoms with E-state index in [0.29, 0.717) is 10.5 Å². The Morgan fingerprint density at radius 1 is 1.41 bits per heavy atom. The molecule has 0 bridgehead atoms. The van der Waals surface area contributed by atoms with Crippen molar-refractivity contribution in [3.05, 3.63) is 34.6 Å². The Hall–Kier alpha value is 0.379. The summed E-state index contributed by atoms with van der Waals surface area (Å²) in [5.74, 6) is -0.317. The molecular weight excluding hydrogens is 453 g/mol. The van der Waals surface area contributed by atoms with Gasteiger partial charge in [0.1, 0.15) is 0 Å². The fourth-order valence-electron chi connectivity index (χ4n) is 2.03. The number of ether oxygens (including phenoxy) is 1. The van der Waals surface area contributed by atoms with E-state index in [0.717, 1.165) is 13.1 Å². The number of nitrogens with zero attached hydrogens (tertiary/aromatic N) is 2. The van der Waals surface area contributed by atoms with Crippen LogP contribution in [-0.2, 0) is 9.53 Å². The van der Waals surface area contributed by atoms with Gasteiger partial charge in [0.05, 0.1) is 0 Å². The van der Waals surface area contributed by atoms with Gasteiger partial charge in [-0.15, -0.1) is 25.2 Å². The molecule has 126 valence electrons. The fourth-order valence-corrected chi connectivity index (χ4v) is 5.32. The first-order valence-electron chi connectivity index (χ1n) is 7.27. The summed E-state index contributed by atoms with van der Waals surface area (Å²) in [6.07, 6.45) is 10.3. The van der Waals surface area contributed by atoms with Crippen LogP contribution in [0.2, 0.25) is 4.44 Å². The van der Waals surface area contributed by atoms with Crippen molar-refractivity contribution in [2.75, 3.05) is 20.2 Å².